The molecule has 0 radical (unpaired) electrons. The van der Waals surface area contributed by atoms with Crippen molar-refractivity contribution in [2.45, 2.75) is 57.9 Å². The van der Waals surface area contributed by atoms with Crippen molar-refractivity contribution in [1.82, 2.24) is 0 Å². The first kappa shape index (κ1) is 12.8. The summed E-state index contributed by atoms with van der Waals surface area (Å²) in [5, 5.41) is 0. The lowest BCUT2D eigenvalue weighted by atomic mass is 9.82. The van der Waals surface area contributed by atoms with Gasteiger partial charge in [-0.25, -0.2) is 0 Å². The predicted octanol–water partition coefficient (Wildman–Crippen LogP) is 3.99. The number of hydrogen-bond acceptors (Lipinski definition) is 2. The van der Waals surface area contributed by atoms with Crippen LogP contribution in [0.25, 0.3) is 0 Å². The van der Waals surface area contributed by atoms with Crippen molar-refractivity contribution in [2.75, 3.05) is 17.2 Å². The molecule has 1 fully saturated rings. The van der Waals surface area contributed by atoms with E-state index in [1.165, 1.54) is 62.7 Å². The quantitative estimate of drug-likeness (QED) is 0.813. The van der Waals surface area contributed by atoms with Crippen molar-refractivity contribution in [3.05, 3.63) is 23.8 Å². The highest BCUT2D eigenvalue weighted by Crippen LogP contribution is 2.36. The van der Waals surface area contributed by atoms with Crippen LogP contribution >= 0.6 is 0 Å². The number of nitrogens with zero attached hydrogens (tertiary/aromatic N) is 1. The van der Waals surface area contributed by atoms with Gasteiger partial charge in [0.05, 0.1) is 0 Å². The second-order valence-electron chi connectivity index (χ2n) is 6.28. The minimum atomic E-state index is 0.765. The van der Waals surface area contributed by atoms with E-state index in [1.807, 2.05) is 0 Å². The molecule has 2 N–H and O–H groups in total. The number of aryl methyl sites for hydroxylation is 1. The molecular formula is C17H26N2. The number of benzene rings is 1. The summed E-state index contributed by atoms with van der Waals surface area (Å²) in [7, 11) is 0. The molecule has 3 rings (SSSR count). The monoisotopic (exact) mass is 258 g/mol. The number of nitrogens with two attached hydrogens (primary N) is 1. The zero-order chi connectivity index (χ0) is 13.2. The van der Waals surface area contributed by atoms with E-state index < -0.39 is 0 Å². The van der Waals surface area contributed by atoms with Crippen molar-refractivity contribution in [3.8, 4) is 0 Å². The first-order valence-corrected chi connectivity index (χ1v) is 7.93. The van der Waals surface area contributed by atoms with Gasteiger partial charge in [-0.2, -0.15) is 0 Å². The Labute approximate surface area is 117 Å². The molecule has 104 valence electrons. The smallest absolute Gasteiger partial charge is 0.0402 e. The van der Waals surface area contributed by atoms with Gasteiger partial charge in [-0.15, -0.1) is 0 Å². The molecule has 2 nitrogen and oxygen atoms in total. The summed E-state index contributed by atoms with van der Waals surface area (Å²) >= 11 is 0. The lowest BCUT2D eigenvalue weighted by molar-refractivity contribution is 0.300. The van der Waals surface area contributed by atoms with E-state index in [0.29, 0.717) is 0 Å². The van der Waals surface area contributed by atoms with E-state index in [-0.39, 0.29) is 0 Å². The number of hydrogen-bond donors (Lipinski definition) is 1. The summed E-state index contributed by atoms with van der Waals surface area (Å²) in [6, 6.07) is 7.26. The largest absolute Gasteiger partial charge is 0.399 e. The Balaban J connectivity index is 1.83. The minimum absolute atomic E-state index is 0.765. The summed E-state index contributed by atoms with van der Waals surface area (Å²) in [6.07, 6.45) is 9.43. The van der Waals surface area contributed by atoms with Gasteiger partial charge in [0.25, 0.3) is 0 Å². The highest BCUT2D eigenvalue weighted by atomic mass is 15.2. The molecule has 1 aliphatic carbocycles. The summed E-state index contributed by atoms with van der Waals surface area (Å²) in [4.78, 5) is 2.68. The molecule has 0 spiro atoms. The highest BCUT2D eigenvalue weighted by molar-refractivity contribution is 5.61. The third kappa shape index (κ3) is 2.58. The summed E-state index contributed by atoms with van der Waals surface area (Å²) in [5.74, 6) is 0.943. The molecule has 1 aromatic rings. The molecule has 0 bridgehead atoms. The number of nitrogen functional groups attached to an aromatic ring is 1. The van der Waals surface area contributed by atoms with Crippen molar-refractivity contribution < 1.29 is 0 Å². The Bertz CT molecular complexity index is 441. The standard InChI is InChI=1S/C17H26N2/c1-2-13-5-3-7-16(11-13)19-10-4-6-14-12-15(18)8-9-17(14)19/h8-9,12-13,16H,2-7,10-11,18H2,1H3. The van der Waals surface area contributed by atoms with Crippen LogP contribution in [0.4, 0.5) is 11.4 Å². The molecule has 2 aliphatic rings. The molecule has 2 atom stereocenters. The lowest BCUT2D eigenvalue weighted by Crippen LogP contribution is -2.41. The minimum Gasteiger partial charge on any atom is -0.399 e. The molecule has 1 saturated carbocycles. The van der Waals surface area contributed by atoms with Gasteiger partial charge in [0.2, 0.25) is 0 Å². The third-order valence-electron chi connectivity index (χ3n) is 5.03. The predicted molar refractivity (Wildman–Crippen MR) is 82.6 cm³/mol. The second kappa shape index (κ2) is 5.44. The number of rotatable bonds is 2. The normalized spacial score (nSPS) is 27.1. The molecule has 0 amide bonds. The maximum absolute atomic E-state index is 5.93. The Morgan fingerprint density at radius 2 is 2.16 bits per heavy atom. The van der Waals surface area contributed by atoms with Gasteiger partial charge in [0.15, 0.2) is 0 Å². The summed E-state index contributed by atoms with van der Waals surface area (Å²) in [6.45, 7) is 3.58. The van der Waals surface area contributed by atoms with Gasteiger partial charge in [0, 0.05) is 24.0 Å². The zero-order valence-corrected chi connectivity index (χ0v) is 12.1. The first-order valence-electron chi connectivity index (χ1n) is 7.93. The van der Waals surface area contributed by atoms with Crippen molar-refractivity contribution in [3.63, 3.8) is 0 Å². The first-order chi connectivity index (χ1) is 9.28. The molecule has 1 aliphatic heterocycles. The number of fused-ring (bicyclic) bond motifs is 1. The SMILES string of the molecule is CCC1CCCC(N2CCCc3cc(N)ccc32)C1. The molecular weight excluding hydrogens is 232 g/mol. The topological polar surface area (TPSA) is 29.3 Å². The van der Waals surface area contributed by atoms with E-state index in [0.717, 1.165) is 17.6 Å². The maximum atomic E-state index is 5.93. The fourth-order valence-electron chi connectivity index (χ4n) is 3.94. The average Bonchev–Trinajstić information content (AvgIpc) is 2.46. The van der Waals surface area contributed by atoms with Gasteiger partial charge in [-0.1, -0.05) is 26.2 Å². The highest BCUT2D eigenvalue weighted by Gasteiger charge is 2.28. The van der Waals surface area contributed by atoms with Crippen LogP contribution in [0.5, 0.6) is 0 Å². The molecule has 2 unspecified atom stereocenters. The van der Waals surface area contributed by atoms with Crippen LogP contribution in [-0.2, 0) is 6.42 Å². The van der Waals surface area contributed by atoms with Crippen molar-refractivity contribution in [2.24, 2.45) is 5.92 Å². The molecule has 0 aromatic heterocycles. The Morgan fingerprint density at radius 1 is 1.26 bits per heavy atom. The molecule has 0 saturated heterocycles. The van der Waals surface area contributed by atoms with Gasteiger partial charge >= 0.3 is 0 Å². The van der Waals surface area contributed by atoms with Crippen LogP contribution in [0.1, 0.15) is 51.0 Å². The van der Waals surface area contributed by atoms with Gasteiger partial charge in [-0.05, 0) is 55.4 Å². The van der Waals surface area contributed by atoms with Crippen LogP contribution < -0.4 is 10.6 Å². The molecule has 2 heteroatoms. The molecule has 1 heterocycles. The van der Waals surface area contributed by atoms with Crippen LogP contribution in [-0.4, -0.2) is 12.6 Å². The van der Waals surface area contributed by atoms with Gasteiger partial charge in [-0.3, -0.25) is 0 Å². The van der Waals surface area contributed by atoms with Crippen LogP contribution in [0.2, 0.25) is 0 Å². The van der Waals surface area contributed by atoms with Crippen LogP contribution in [0.15, 0.2) is 18.2 Å². The van der Waals surface area contributed by atoms with E-state index >= 15 is 0 Å². The van der Waals surface area contributed by atoms with Crippen molar-refractivity contribution in [1.29, 1.82) is 0 Å². The maximum Gasteiger partial charge on any atom is 0.0402 e. The van der Waals surface area contributed by atoms with E-state index in [4.69, 9.17) is 5.73 Å². The summed E-state index contributed by atoms with van der Waals surface area (Å²) in [5.41, 5.74) is 9.77. The third-order valence-corrected chi connectivity index (χ3v) is 5.03. The van der Waals surface area contributed by atoms with E-state index in [9.17, 15) is 0 Å². The molecule has 1 aromatic carbocycles. The Morgan fingerprint density at radius 3 is 3.00 bits per heavy atom. The van der Waals surface area contributed by atoms with Crippen molar-refractivity contribution >= 4 is 11.4 Å². The van der Waals surface area contributed by atoms with Crippen LogP contribution in [0.3, 0.4) is 0 Å². The van der Waals surface area contributed by atoms with Gasteiger partial charge < -0.3 is 10.6 Å². The van der Waals surface area contributed by atoms with E-state index in [2.05, 4.69) is 30.0 Å². The number of anilines is 2. The second-order valence-corrected chi connectivity index (χ2v) is 6.28. The lowest BCUT2D eigenvalue weighted by Gasteiger charge is -2.42. The zero-order valence-electron chi connectivity index (χ0n) is 12.1. The fourth-order valence-corrected chi connectivity index (χ4v) is 3.94. The van der Waals surface area contributed by atoms with E-state index in [1.54, 1.807) is 0 Å². The average molecular weight is 258 g/mol. The fraction of sp³-hybridized carbons (Fsp3) is 0.647. The van der Waals surface area contributed by atoms with Crippen LogP contribution in [0, 0.1) is 5.92 Å². The Hall–Kier alpha value is -1.18. The van der Waals surface area contributed by atoms with Gasteiger partial charge in [0.1, 0.15) is 0 Å². The molecule has 19 heavy (non-hydrogen) atoms. The Kier molecular flexibility index (Phi) is 3.67. The summed E-state index contributed by atoms with van der Waals surface area (Å²) < 4.78 is 0.